The minimum Gasteiger partial charge on any atom is -0.462 e. The maximum Gasteiger partial charge on any atom is 0.341 e. The number of aryl methyl sites for hydroxylation is 1. The summed E-state index contributed by atoms with van der Waals surface area (Å²) >= 11 is 7.32. The van der Waals surface area contributed by atoms with Crippen molar-refractivity contribution < 1.29 is 19.1 Å². The molecule has 1 N–H and O–H groups in total. The monoisotopic (exact) mass is 468 g/mol. The number of nitrogens with one attached hydrogen (secondary N) is 1. The lowest BCUT2D eigenvalue weighted by Crippen LogP contribution is -2.27. The van der Waals surface area contributed by atoms with E-state index >= 15 is 0 Å². The van der Waals surface area contributed by atoms with Crippen molar-refractivity contribution in [2.45, 2.75) is 53.5 Å². The second-order valence-corrected chi connectivity index (χ2v) is 8.84. The first kappa shape index (κ1) is 24.9. The van der Waals surface area contributed by atoms with Crippen LogP contribution in [0.2, 0.25) is 5.02 Å². The quantitative estimate of drug-likeness (QED) is 0.580. The highest BCUT2D eigenvalue weighted by atomic mass is 35.5. The van der Waals surface area contributed by atoms with Crippen molar-refractivity contribution in [3.63, 3.8) is 0 Å². The van der Waals surface area contributed by atoms with Gasteiger partial charge in [-0.2, -0.15) is 5.10 Å². The fourth-order valence-corrected chi connectivity index (χ4v) is 4.48. The maximum atomic E-state index is 13.2. The molecule has 0 aliphatic carbocycles. The van der Waals surface area contributed by atoms with E-state index < -0.39 is 12.0 Å². The van der Waals surface area contributed by atoms with Gasteiger partial charge in [-0.05, 0) is 39.2 Å². The molecule has 0 aromatic carbocycles. The van der Waals surface area contributed by atoms with E-state index in [0.717, 1.165) is 11.3 Å². The normalized spacial score (nSPS) is 11.9. The van der Waals surface area contributed by atoms with Gasteiger partial charge in [0.2, 0.25) is 5.91 Å². The smallest absolute Gasteiger partial charge is 0.341 e. The summed E-state index contributed by atoms with van der Waals surface area (Å²) < 4.78 is 6.89. The summed E-state index contributed by atoms with van der Waals surface area (Å²) in [5.74, 6) is -1.16. The van der Waals surface area contributed by atoms with Gasteiger partial charge >= 0.3 is 5.97 Å². The second kappa shape index (κ2) is 10.3. The van der Waals surface area contributed by atoms with Gasteiger partial charge in [-0.25, -0.2) is 4.79 Å². The first-order chi connectivity index (χ1) is 14.5. The largest absolute Gasteiger partial charge is 0.462 e. The van der Waals surface area contributed by atoms with E-state index in [1.807, 2.05) is 13.8 Å². The number of anilines is 1. The standard InChI is InChI=1S/C21H29ClN4O4S/c1-8-10-30-21(29)15-11(3)17(20(28)25(6)7)31-19(15)23-18(27)14(9-2)26-13(5)16(22)12(4)24-26/h14H,8-10H2,1-7H3,(H,23,27). The molecular formula is C21H29ClN4O4S. The number of nitrogens with zero attached hydrogens (tertiary/aromatic N) is 3. The molecule has 0 saturated heterocycles. The van der Waals surface area contributed by atoms with Gasteiger partial charge in [0.25, 0.3) is 5.91 Å². The number of hydrogen-bond donors (Lipinski definition) is 1. The predicted octanol–water partition coefficient (Wildman–Crippen LogP) is 4.38. The molecule has 2 rings (SSSR count). The number of esters is 1. The number of rotatable bonds is 8. The molecule has 0 saturated carbocycles. The Balaban J connectivity index is 2.46. The third-order valence-electron chi connectivity index (χ3n) is 4.85. The molecule has 2 heterocycles. The van der Waals surface area contributed by atoms with Crippen molar-refractivity contribution in [1.82, 2.24) is 14.7 Å². The Morgan fingerprint density at radius 2 is 1.87 bits per heavy atom. The zero-order valence-corrected chi connectivity index (χ0v) is 20.5. The minimum atomic E-state index is -0.624. The maximum absolute atomic E-state index is 13.2. The van der Waals surface area contributed by atoms with Crippen LogP contribution in [-0.4, -0.2) is 53.2 Å². The number of carbonyl (C=O) groups excluding carboxylic acids is 3. The summed E-state index contributed by atoms with van der Waals surface area (Å²) in [6.07, 6.45) is 1.13. The molecule has 0 spiro atoms. The predicted molar refractivity (Wildman–Crippen MR) is 122 cm³/mol. The third-order valence-corrected chi connectivity index (χ3v) is 6.59. The van der Waals surface area contributed by atoms with Crippen molar-refractivity contribution in [3.8, 4) is 0 Å². The van der Waals surface area contributed by atoms with Crippen molar-refractivity contribution in [1.29, 1.82) is 0 Å². The third kappa shape index (κ3) is 5.10. The highest BCUT2D eigenvalue weighted by Crippen LogP contribution is 2.35. The number of halogens is 1. The number of ether oxygens (including phenoxy) is 1. The van der Waals surface area contributed by atoms with Crippen LogP contribution in [0.25, 0.3) is 0 Å². The zero-order valence-electron chi connectivity index (χ0n) is 19.0. The summed E-state index contributed by atoms with van der Waals surface area (Å²) in [4.78, 5) is 40.3. The molecule has 2 amide bonds. The van der Waals surface area contributed by atoms with Gasteiger partial charge < -0.3 is 15.0 Å². The van der Waals surface area contributed by atoms with Gasteiger partial charge in [-0.1, -0.05) is 25.4 Å². The lowest BCUT2D eigenvalue weighted by Gasteiger charge is -2.17. The van der Waals surface area contributed by atoms with Crippen LogP contribution >= 0.6 is 22.9 Å². The summed E-state index contributed by atoms with van der Waals surface area (Å²) in [6.45, 7) is 9.27. The number of amides is 2. The number of aromatic nitrogens is 2. The van der Waals surface area contributed by atoms with Crippen molar-refractivity contribution in [2.24, 2.45) is 0 Å². The van der Waals surface area contributed by atoms with E-state index in [2.05, 4.69) is 10.4 Å². The van der Waals surface area contributed by atoms with Gasteiger partial charge in [0.1, 0.15) is 11.0 Å². The molecule has 1 unspecified atom stereocenters. The van der Waals surface area contributed by atoms with Gasteiger partial charge in [-0.15, -0.1) is 11.3 Å². The first-order valence-electron chi connectivity index (χ1n) is 10.1. The average molecular weight is 469 g/mol. The van der Waals surface area contributed by atoms with E-state index in [0.29, 0.717) is 44.7 Å². The molecule has 10 heteroatoms. The Hall–Kier alpha value is -2.39. The summed E-state index contributed by atoms with van der Waals surface area (Å²) in [6, 6.07) is -0.624. The van der Waals surface area contributed by atoms with Crippen LogP contribution in [0.5, 0.6) is 0 Å². The Bertz CT molecular complexity index is 996. The van der Waals surface area contributed by atoms with Crippen LogP contribution in [-0.2, 0) is 9.53 Å². The van der Waals surface area contributed by atoms with Crippen LogP contribution in [0.1, 0.15) is 69.7 Å². The SMILES string of the molecule is CCCOC(=O)c1c(NC(=O)C(CC)n2nc(C)c(Cl)c2C)sc(C(=O)N(C)C)c1C. The molecular weight excluding hydrogens is 440 g/mol. The number of hydrogen-bond acceptors (Lipinski definition) is 6. The van der Waals surface area contributed by atoms with Gasteiger partial charge in [0, 0.05) is 14.1 Å². The van der Waals surface area contributed by atoms with Crippen LogP contribution in [0, 0.1) is 20.8 Å². The molecule has 0 aliphatic rings. The fourth-order valence-electron chi connectivity index (χ4n) is 3.13. The van der Waals surface area contributed by atoms with Crippen LogP contribution in [0.15, 0.2) is 0 Å². The molecule has 31 heavy (non-hydrogen) atoms. The van der Waals surface area contributed by atoms with Crippen molar-refractivity contribution in [2.75, 3.05) is 26.0 Å². The molecule has 170 valence electrons. The van der Waals surface area contributed by atoms with E-state index in [4.69, 9.17) is 16.3 Å². The highest BCUT2D eigenvalue weighted by Gasteiger charge is 2.30. The van der Waals surface area contributed by atoms with Gasteiger partial charge in [0.15, 0.2) is 0 Å². The molecule has 2 aromatic rings. The Kier molecular flexibility index (Phi) is 8.25. The Morgan fingerprint density at radius 1 is 1.23 bits per heavy atom. The molecule has 0 aliphatic heterocycles. The molecule has 0 bridgehead atoms. The molecule has 0 radical (unpaired) electrons. The topological polar surface area (TPSA) is 93.5 Å². The van der Waals surface area contributed by atoms with Gasteiger partial charge in [-0.3, -0.25) is 14.3 Å². The van der Waals surface area contributed by atoms with Crippen molar-refractivity contribution in [3.05, 3.63) is 32.4 Å². The molecule has 1 atom stereocenters. The highest BCUT2D eigenvalue weighted by molar-refractivity contribution is 7.18. The summed E-state index contributed by atoms with van der Waals surface area (Å²) in [5, 5.41) is 8.03. The average Bonchev–Trinajstić information content (AvgIpc) is 3.17. The van der Waals surface area contributed by atoms with Crippen molar-refractivity contribution >= 4 is 45.7 Å². The van der Waals surface area contributed by atoms with Crippen LogP contribution < -0.4 is 5.32 Å². The van der Waals surface area contributed by atoms with Gasteiger partial charge in [0.05, 0.1) is 33.5 Å². The van der Waals surface area contributed by atoms with E-state index in [1.165, 1.54) is 4.90 Å². The number of thiophene rings is 1. The van der Waals surface area contributed by atoms with E-state index in [9.17, 15) is 14.4 Å². The first-order valence-corrected chi connectivity index (χ1v) is 11.3. The second-order valence-electron chi connectivity index (χ2n) is 7.44. The number of carbonyl (C=O) groups is 3. The lowest BCUT2D eigenvalue weighted by atomic mass is 10.1. The van der Waals surface area contributed by atoms with E-state index in [1.54, 1.807) is 39.5 Å². The van der Waals surface area contributed by atoms with E-state index in [-0.39, 0.29) is 24.0 Å². The Labute approximate surface area is 191 Å². The fraction of sp³-hybridized carbons (Fsp3) is 0.524. The molecule has 0 fully saturated rings. The van der Waals surface area contributed by atoms with Crippen LogP contribution in [0.3, 0.4) is 0 Å². The summed E-state index contributed by atoms with van der Waals surface area (Å²) in [7, 11) is 3.27. The lowest BCUT2D eigenvalue weighted by molar-refractivity contribution is -0.119. The summed E-state index contributed by atoms with van der Waals surface area (Å²) in [5.41, 5.74) is 2.02. The molecule has 2 aromatic heterocycles. The Morgan fingerprint density at radius 3 is 2.35 bits per heavy atom. The van der Waals surface area contributed by atoms with Crippen LogP contribution in [0.4, 0.5) is 5.00 Å². The molecule has 8 nitrogen and oxygen atoms in total. The zero-order chi connectivity index (χ0) is 23.5. The minimum absolute atomic E-state index is 0.207.